The Hall–Kier alpha value is -4.39. The van der Waals surface area contributed by atoms with Gasteiger partial charge in [-0.05, 0) is 42.7 Å². The van der Waals surface area contributed by atoms with Crippen LogP contribution in [0.15, 0.2) is 107 Å². The first-order valence-corrected chi connectivity index (χ1v) is 11.1. The minimum Gasteiger partial charge on any atom is -0.497 e. The van der Waals surface area contributed by atoms with Gasteiger partial charge in [-0.3, -0.25) is 0 Å². The maximum atomic E-state index is 6.05. The van der Waals surface area contributed by atoms with Gasteiger partial charge in [-0.15, -0.1) is 0 Å². The molecule has 1 unspecified atom stereocenters. The predicted molar refractivity (Wildman–Crippen MR) is 131 cm³/mol. The number of rotatable bonds is 8. The summed E-state index contributed by atoms with van der Waals surface area (Å²) in [5.41, 5.74) is 3.82. The lowest BCUT2D eigenvalue weighted by atomic mass is 9.95. The third-order valence-corrected chi connectivity index (χ3v) is 5.54. The van der Waals surface area contributed by atoms with Crippen LogP contribution < -0.4 is 15.4 Å². The monoisotopic (exact) mass is 455 g/mol. The van der Waals surface area contributed by atoms with Gasteiger partial charge in [0.15, 0.2) is 11.5 Å². The zero-order valence-electron chi connectivity index (χ0n) is 18.7. The number of hydrogen-bond acceptors (Lipinski definition) is 7. The topological polar surface area (TPSA) is 77.8 Å². The van der Waals surface area contributed by atoms with Crippen LogP contribution in [0.25, 0.3) is 11.3 Å². The van der Waals surface area contributed by atoms with Crippen molar-refractivity contribution in [3.05, 3.63) is 103 Å². The van der Waals surface area contributed by atoms with Crippen molar-refractivity contribution in [1.29, 1.82) is 0 Å². The maximum Gasteiger partial charge on any atom is 0.299 e. The van der Waals surface area contributed by atoms with Crippen molar-refractivity contribution in [2.24, 2.45) is 0 Å². The summed E-state index contributed by atoms with van der Waals surface area (Å²) < 4.78 is 22.5. The number of allylic oxidation sites excluding steroid dienone is 3. The highest BCUT2D eigenvalue weighted by molar-refractivity contribution is 5.75. The molecule has 7 nitrogen and oxygen atoms in total. The van der Waals surface area contributed by atoms with Crippen LogP contribution in [0.5, 0.6) is 5.75 Å². The molecule has 3 aromatic rings. The second-order valence-corrected chi connectivity index (χ2v) is 7.76. The van der Waals surface area contributed by atoms with Gasteiger partial charge in [0.2, 0.25) is 0 Å². The molecule has 1 aromatic heterocycles. The molecule has 5 rings (SSSR count). The van der Waals surface area contributed by atoms with Crippen LogP contribution in [0.4, 0.5) is 17.4 Å². The number of aromatic nitrogens is 1. The largest absolute Gasteiger partial charge is 0.497 e. The number of anilines is 3. The van der Waals surface area contributed by atoms with E-state index in [2.05, 4.69) is 33.8 Å². The number of oxazole rings is 1. The highest BCUT2D eigenvalue weighted by Gasteiger charge is 2.24. The minimum atomic E-state index is -0.187. The van der Waals surface area contributed by atoms with Crippen LogP contribution in [0.1, 0.15) is 12.8 Å². The van der Waals surface area contributed by atoms with Gasteiger partial charge in [0.1, 0.15) is 30.6 Å². The molecule has 2 heterocycles. The number of methoxy groups -OCH3 is 1. The SMILES string of the molecule is COc1cccc(Nc2ncc(-c3ccccc3NC(C3=CC=CCC3)C3=COC=CO3)o2)c1. The van der Waals surface area contributed by atoms with Gasteiger partial charge in [-0.1, -0.05) is 36.4 Å². The molecule has 0 radical (unpaired) electrons. The van der Waals surface area contributed by atoms with E-state index >= 15 is 0 Å². The number of ether oxygens (including phenoxy) is 3. The zero-order chi connectivity index (χ0) is 23.2. The molecule has 0 bridgehead atoms. The van der Waals surface area contributed by atoms with Gasteiger partial charge >= 0.3 is 0 Å². The average Bonchev–Trinajstić information content (AvgIpc) is 3.37. The molecule has 34 heavy (non-hydrogen) atoms. The standard InChI is InChI=1S/C27H25N3O4/c1-31-21-11-7-10-20(16-21)29-27-28-17-24(34-27)22-12-5-6-13-23(22)30-26(19-8-3-2-4-9-19)25-18-32-14-15-33-25/h2-3,5-8,10-18,26,30H,4,9H2,1H3,(H,28,29). The molecule has 1 atom stereocenters. The molecule has 1 aliphatic heterocycles. The quantitative estimate of drug-likeness (QED) is 0.401. The molecule has 0 saturated heterocycles. The molecule has 0 saturated carbocycles. The summed E-state index contributed by atoms with van der Waals surface area (Å²) in [5.74, 6) is 2.08. The molecule has 2 aliphatic rings. The Morgan fingerprint density at radius 1 is 1.09 bits per heavy atom. The van der Waals surface area contributed by atoms with Crippen molar-refractivity contribution in [3.63, 3.8) is 0 Å². The van der Waals surface area contributed by atoms with Crippen LogP contribution in [0.2, 0.25) is 0 Å². The normalized spacial score (nSPS) is 15.4. The fourth-order valence-corrected chi connectivity index (χ4v) is 3.88. The molecule has 0 fully saturated rings. The number of benzene rings is 2. The van der Waals surface area contributed by atoms with E-state index in [1.807, 2.05) is 48.5 Å². The van der Waals surface area contributed by atoms with Gasteiger partial charge in [0.25, 0.3) is 6.01 Å². The van der Waals surface area contributed by atoms with Crippen molar-refractivity contribution in [2.75, 3.05) is 17.7 Å². The van der Waals surface area contributed by atoms with Gasteiger partial charge in [-0.25, -0.2) is 4.98 Å². The smallest absolute Gasteiger partial charge is 0.299 e. The van der Waals surface area contributed by atoms with Crippen LogP contribution in [0.3, 0.4) is 0 Å². The summed E-state index contributed by atoms with van der Waals surface area (Å²) >= 11 is 0. The minimum absolute atomic E-state index is 0.187. The predicted octanol–water partition coefficient (Wildman–Crippen LogP) is 6.51. The summed E-state index contributed by atoms with van der Waals surface area (Å²) in [7, 11) is 1.63. The fourth-order valence-electron chi connectivity index (χ4n) is 3.88. The maximum absolute atomic E-state index is 6.05. The highest BCUT2D eigenvalue weighted by Crippen LogP contribution is 2.34. The second kappa shape index (κ2) is 10.0. The molecular formula is C27H25N3O4. The van der Waals surface area contributed by atoms with E-state index in [-0.39, 0.29) is 6.04 Å². The first-order valence-electron chi connectivity index (χ1n) is 11.1. The lowest BCUT2D eigenvalue weighted by Crippen LogP contribution is -2.27. The molecule has 2 aromatic carbocycles. The summed E-state index contributed by atoms with van der Waals surface area (Å²) in [6.45, 7) is 0. The van der Waals surface area contributed by atoms with Crippen LogP contribution >= 0.6 is 0 Å². The Morgan fingerprint density at radius 3 is 2.85 bits per heavy atom. The molecule has 1 aliphatic carbocycles. The van der Waals surface area contributed by atoms with Crippen molar-refractivity contribution in [1.82, 2.24) is 4.98 Å². The zero-order valence-corrected chi connectivity index (χ0v) is 18.7. The van der Waals surface area contributed by atoms with Gasteiger partial charge in [0, 0.05) is 23.0 Å². The summed E-state index contributed by atoms with van der Waals surface area (Å²) in [4.78, 5) is 4.41. The summed E-state index contributed by atoms with van der Waals surface area (Å²) in [5, 5.41) is 6.81. The van der Waals surface area contributed by atoms with Gasteiger partial charge < -0.3 is 29.3 Å². The van der Waals surface area contributed by atoms with Crippen molar-refractivity contribution in [2.45, 2.75) is 18.9 Å². The van der Waals surface area contributed by atoms with Gasteiger partial charge in [-0.2, -0.15) is 0 Å². The Balaban J connectivity index is 1.41. The summed E-state index contributed by atoms with van der Waals surface area (Å²) in [6.07, 6.45) is 14.7. The number of nitrogens with zero attached hydrogens (tertiary/aromatic N) is 1. The summed E-state index contributed by atoms with van der Waals surface area (Å²) in [6, 6.07) is 15.8. The van der Waals surface area contributed by atoms with Crippen LogP contribution in [0, 0.1) is 0 Å². The Labute approximate surface area is 198 Å². The van der Waals surface area contributed by atoms with Gasteiger partial charge in [0.05, 0.1) is 13.3 Å². The Bertz CT molecular complexity index is 1270. The lowest BCUT2D eigenvalue weighted by molar-refractivity contribution is 0.245. The van der Waals surface area contributed by atoms with E-state index in [1.165, 1.54) is 11.8 Å². The van der Waals surface area contributed by atoms with E-state index in [9.17, 15) is 0 Å². The van der Waals surface area contributed by atoms with Crippen molar-refractivity contribution in [3.8, 4) is 17.1 Å². The van der Waals surface area contributed by atoms with Crippen molar-refractivity contribution >= 4 is 17.4 Å². The molecule has 172 valence electrons. The molecule has 2 N–H and O–H groups in total. The van der Waals surface area contributed by atoms with Crippen molar-refractivity contribution < 1.29 is 18.6 Å². The fraction of sp³-hybridized carbons (Fsp3) is 0.148. The molecule has 7 heteroatoms. The van der Waals surface area contributed by atoms with Crippen LogP contribution in [-0.4, -0.2) is 18.1 Å². The third-order valence-electron chi connectivity index (χ3n) is 5.54. The Morgan fingerprint density at radius 2 is 2.03 bits per heavy atom. The molecular weight excluding hydrogens is 430 g/mol. The number of hydrogen-bond donors (Lipinski definition) is 2. The van der Waals surface area contributed by atoms with E-state index in [4.69, 9.17) is 18.6 Å². The van der Waals surface area contributed by atoms with E-state index < -0.39 is 0 Å². The first-order chi connectivity index (χ1) is 16.8. The van der Waals surface area contributed by atoms with E-state index in [0.717, 1.165) is 35.5 Å². The average molecular weight is 456 g/mol. The third kappa shape index (κ3) is 4.83. The van der Waals surface area contributed by atoms with E-state index in [0.29, 0.717) is 17.5 Å². The van der Waals surface area contributed by atoms with Crippen LogP contribution in [-0.2, 0) is 9.47 Å². The van der Waals surface area contributed by atoms with E-state index in [1.54, 1.807) is 25.8 Å². The highest BCUT2D eigenvalue weighted by atomic mass is 16.5. The molecule has 0 spiro atoms. The Kier molecular flexibility index (Phi) is 6.34. The number of para-hydroxylation sites is 1. The lowest BCUT2D eigenvalue weighted by Gasteiger charge is -2.27. The second-order valence-electron chi connectivity index (χ2n) is 7.76. The molecule has 0 amide bonds. The number of nitrogens with one attached hydrogen (secondary N) is 2. The first kappa shape index (κ1) is 21.5.